The quantitative estimate of drug-likeness (QED) is 0.689. The van der Waals surface area contributed by atoms with Crippen LogP contribution < -0.4 is 0 Å². The first-order valence-electron chi connectivity index (χ1n) is 7.89. The number of alkyl halides is 1. The van der Waals surface area contributed by atoms with Gasteiger partial charge in [0.05, 0.1) is 16.9 Å². The molecule has 2 saturated carbocycles. The fraction of sp³-hybridized carbons (Fsp3) is 0.588. The number of nitrogens with zero attached hydrogens (tertiary/aromatic N) is 2. The van der Waals surface area contributed by atoms with Crippen molar-refractivity contribution in [2.75, 3.05) is 0 Å². The lowest BCUT2D eigenvalue weighted by molar-refractivity contribution is 0.244. The molecule has 2 bridgehead atoms. The van der Waals surface area contributed by atoms with Crippen LogP contribution in [0.1, 0.15) is 44.5 Å². The molecule has 1 heterocycles. The number of aromatic nitrogens is 2. The summed E-state index contributed by atoms with van der Waals surface area (Å²) in [6.45, 7) is 2.34. The Bertz CT molecular complexity index is 679. The molecule has 4 rings (SSSR count). The van der Waals surface area contributed by atoms with Crippen molar-refractivity contribution in [3.8, 4) is 0 Å². The Morgan fingerprint density at radius 1 is 1.33 bits per heavy atom. The van der Waals surface area contributed by atoms with Gasteiger partial charge in [0, 0.05) is 11.1 Å². The van der Waals surface area contributed by atoms with Crippen LogP contribution in [0.4, 0.5) is 0 Å². The van der Waals surface area contributed by atoms with E-state index in [2.05, 4.69) is 11.5 Å². The Hall–Kier alpha value is -0.730. The van der Waals surface area contributed by atoms with E-state index in [0.717, 1.165) is 39.6 Å². The third kappa shape index (κ3) is 2.19. The summed E-state index contributed by atoms with van der Waals surface area (Å²) in [5, 5.41) is 0.768. The highest BCUT2D eigenvalue weighted by molar-refractivity contribution is 6.31. The molecule has 1 aromatic carbocycles. The van der Waals surface area contributed by atoms with E-state index in [-0.39, 0.29) is 0 Å². The van der Waals surface area contributed by atoms with Crippen molar-refractivity contribution in [3.63, 3.8) is 0 Å². The molecule has 112 valence electrons. The van der Waals surface area contributed by atoms with Gasteiger partial charge in [0.1, 0.15) is 5.82 Å². The average molecular weight is 323 g/mol. The summed E-state index contributed by atoms with van der Waals surface area (Å²) >= 11 is 12.4. The Morgan fingerprint density at radius 3 is 2.86 bits per heavy atom. The molecule has 2 aliphatic carbocycles. The van der Waals surface area contributed by atoms with Crippen LogP contribution in [-0.2, 0) is 5.88 Å². The third-order valence-electron chi connectivity index (χ3n) is 5.66. The van der Waals surface area contributed by atoms with Gasteiger partial charge in [-0.05, 0) is 62.1 Å². The van der Waals surface area contributed by atoms with Gasteiger partial charge in [0.2, 0.25) is 0 Å². The van der Waals surface area contributed by atoms with E-state index < -0.39 is 0 Å². The molecule has 2 nitrogen and oxygen atoms in total. The lowest BCUT2D eigenvalue weighted by Crippen LogP contribution is -2.23. The number of benzene rings is 1. The van der Waals surface area contributed by atoms with E-state index in [0.29, 0.717) is 11.9 Å². The number of halogens is 2. The highest BCUT2D eigenvalue weighted by Crippen LogP contribution is 2.52. The fourth-order valence-corrected chi connectivity index (χ4v) is 5.10. The van der Waals surface area contributed by atoms with Crippen molar-refractivity contribution in [2.45, 2.75) is 44.5 Å². The Balaban J connectivity index is 1.79. The lowest BCUT2D eigenvalue weighted by atomic mass is 9.83. The maximum atomic E-state index is 6.20. The van der Waals surface area contributed by atoms with E-state index in [4.69, 9.17) is 28.2 Å². The normalized spacial score (nSPS) is 29.4. The summed E-state index contributed by atoms with van der Waals surface area (Å²) in [6, 6.07) is 6.39. The molecule has 0 radical (unpaired) electrons. The molecule has 4 unspecified atom stereocenters. The molecular weight excluding hydrogens is 303 g/mol. The van der Waals surface area contributed by atoms with Crippen LogP contribution in [0.5, 0.6) is 0 Å². The molecule has 4 atom stereocenters. The van der Waals surface area contributed by atoms with Crippen LogP contribution >= 0.6 is 23.2 Å². The fourth-order valence-electron chi connectivity index (χ4n) is 4.74. The summed E-state index contributed by atoms with van der Waals surface area (Å²) in [4.78, 5) is 4.70. The van der Waals surface area contributed by atoms with Crippen molar-refractivity contribution in [3.05, 3.63) is 29.0 Å². The molecular formula is C17H20Cl2N2. The molecule has 1 aromatic heterocycles. The van der Waals surface area contributed by atoms with E-state index in [9.17, 15) is 0 Å². The van der Waals surface area contributed by atoms with Crippen LogP contribution in [0.2, 0.25) is 5.02 Å². The lowest BCUT2D eigenvalue weighted by Gasteiger charge is -2.30. The smallest absolute Gasteiger partial charge is 0.125 e. The van der Waals surface area contributed by atoms with Crippen LogP contribution in [-0.4, -0.2) is 9.55 Å². The van der Waals surface area contributed by atoms with Crippen molar-refractivity contribution in [2.24, 2.45) is 17.8 Å². The van der Waals surface area contributed by atoms with Gasteiger partial charge in [0.25, 0.3) is 0 Å². The largest absolute Gasteiger partial charge is 0.324 e. The summed E-state index contributed by atoms with van der Waals surface area (Å²) in [7, 11) is 0. The van der Waals surface area contributed by atoms with Gasteiger partial charge in [-0.3, -0.25) is 0 Å². The van der Waals surface area contributed by atoms with Crippen molar-refractivity contribution in [1.29, 1.82) is 0 Å². The van der Waals surface area contributed by atoms with Crippen LogP contribution in [0.3, 0.4) is 0 Å². The number of rotatable bonds is 3. The number of imidazole rings is 1. The van der Waals surface area contributed by atoms with E-state index in [1.165, 1.54) is 25.7 Å². The predicted octanol–water partition coefficient (Wildman–Crippen LogP) is 5.43. The maximum Gasteiger partial charge on any atom is 0.125 e. The van der Waals surface area contributed by atoms with Crippen molar-refractivity contribution < 1.29 is 0 Å². The van der Waals surface area contributed by atoms with Crippen LogP contribution in [0, 0.1) is 17.8 Å². The molecule has 0 amide bonds. The SMILES string of the molecule is CC(C1CC2CCC1C2)n1c(CCl)nc2ccc(Cl)cc21. The van der Waals surface area contributed by atoms with Gasteiger partial charge in [-0.25, -0.2) is 4.98 Å². The van der Waals surface area contributed by atoms with Crippen LogP contribution in [0.15, 0.2) is 18.2 Å². The highest BCUT2D eigenvalue weighted by Gasteiger charge is 2.42. The third-order valence-corrected chi connectivity index (χ3v) is 6.14. The first-order valence-corrected chi connectivity index (χ1v) is 8.81. The average Bonchev–Trinajstić information content (AvgIpc) is 3.18. The van der Waals surface area contributed by atoms with Gasteiger partial charge in [-0.15, -0.1) is 11.6 Å². The molecule has 2 aromatic rings. The zero-order valence-corrected chi connectivity index (χ0v) is 13.7. The maximum absolute atomic E-state index is 6.20. The summed E-state index contributed by atoms with van der Waals surface area (Å²) < 4.78 is 2.35. The second-order valence-corrected chi connectivity index (χ2v) is 7.45. The minimum Gasteiger partial charge on any atom is -0.324 e. The van der Waals surface area contributed by atoms with Gasteiger partial charge in [0.15, 0.2) is 0 Å². The summed E-state index contributed by atoms with van der Waals surface area (Å²) in [5.74, 6) is 4.05. The topological polar surface area (TPSA) is 17.8 Å². The molecule has 0 saturated heterocycles. The minimum atomic E-state index is 0.456. The first kappa shape index (κ1) is 13.9. The number of hydrogen-bond acceptors (Lipinski definition) is 1. The van der Waals surface area contributed by atoms with Crippen molar-refractivity contribution >= 4 is 34.2 Å². The molecule has 21 heavy (non-hydrogen) atoms. The predicted molar refractivity (Wildman–Crippen MR) is 87.9 cm³/mol. The minimum absolute atomic E-state index is 0.456. The highest BCUT2D eigenvalue weighted by atomic mass is 35.5. The van der Waals surface area contributed by atoms with Gasteiger partial charge >= 0.3 is 0 Å². The van der Waals surface area contributed by atoms with E-state index in [1.807, 2.05) is 18.2 Å². The molecule has 0 spiro atoms. The van der Waals surface area contributed by atoms with Gasteiger partial charge in [-0.1, -0.05) is 18.0 Å². The molecule has 0 aliphatic heterocycles. The second kappa shape index (κ2) is 5.17. The van der Waals surface area contributed by atoms with E-state index in [1.54, 1.807) is 0 Å². The standard InChI is InChI=1S/C17H20Cl2N2/c1-10(14-7-11-2-3-12(14)6-11)21-16-8-13(19)4-5-15(16)20-17(21)9-18/h4-5,8,10-12,14H,2-3,6-7,9H2,1H3. The zero-order chi connectivity index (χ0) is 14.6. The Kier molecular flexibility index (Phi) is 3.42. The number of hydrogen-bond donors (Lipinski definition) is 0. The summed E-state index contributed by atoms with van der Waals surface area (Å²) in [6.07, 6.45) is 5.64. The van der Waals surface area contributed by atoms with Crippen molar-refractivity contribution in [1.82, 2.24) is 9.55 Å². The molecule has 2 fully saturated rings. The van der Waals surface area contributed by atoms with Gasteiger partial charge in [-0.2, -0.15) is 0 Å². The zero-order valence-electron chi connectivity index (χ0n) is 12.2. The molecule has 0 N–H and O–H groups in total. The summed E-state index contributed by atoms with van der Waals surface area (Å²) in [5.41, 5.74) is 2.14. The first-order chi connectivity index (χ1) is 10.2. The van der Waals surface area contributed by atoms with Crippen LogP contribution in [0.25, 0.3) is 11.0 Å². The molecule has 4 heteroatoms. The Morgan fingerprint density at radius 2 is 2.19 bits per heavy atom. The van der Waals surface area contributed by atoms with Gasteiger partial charge < -0.3 is 4.57 Å². The monoisotopic (exact) mass is 322 g/mol. The second-order valence-electron chi connectivity index (χ2n) is 6.74. The number of fused-ring (bicyclic) bond motifs is 3. The molecule has 2 aliphatic rings. The van der Waals surface area contributed by atoms with E-state index >= 15 is 0 Å². The Labute approximate surface area is 135 Å².